The van der Waals surface area contributed by atoms with Crippen molar-refractivity contribution in [2.24, 2.45) is 5.16 Å². The first-order chi connectivity index (χ1) is 16.8. The normalized spacial score (nSPS) is 19.2. The van der Waals surface area contributed by atoms with E-state index in [9.17, 15) is 29.4 Å². The van der Waals surface area contributed by atoms with Gasteiger partial charge in [0.05, 0.1) is 4.47 Å². The number of hydrogen-bond acceptors (Lipinski definition) is 10. The molecule has 3 heterocycles. The van der Waals surface area contributed by atoms with Crippen LogP contribution in [-0.2, 0) is 30.6 Å². The van der Waals surface area contributed by atoms with Crippen molar-refractivity contribution in [3.05, 3.63) is 51.1 Å². The zero-order chi connectivity index (χ0) is 25.1. The van der Waals surface area contributed by atoms with E-state index in [4.69, 9.17) is 4.84 Å². The number of anilines is 1. The van der Waals surface area contributed by atoms with Crippen LogP contribution in [0.4, 0.5) is 5.13 Å². The molecule has 0 saturated carbocycles. The minimum absolute atomic E-state index is 0.00457. The summed E-state index contributed by atoms with van der Waals surface area (Å²) in [5.74, 6) is -2.17. The predicted octanol–water partition coefficient (Wildman–Crippen LogP) is 1.47. The topological polar surface area (TPSA) is 171 Å². The van der Waals surface area contributed by atoms with E-state index < -0.39 is 29.2 Å². The highest BCUT2D eigenvalue weighted by Gasteiger charge is 2.53. The Kier molecular flexibility index (Phi) is 7.37. The van der Waals surface area contributed by atoms with Gasteiger partial charge >= 0.3 is 5.97 Å². The summed E-state index contributed by atoms with van der Waals surface area (Å²) in [5, 5.41) is 29.1. The van der Waals surface area contributed by atoms with Crippen LogP contribution in [0.15, 0.2) is 45.0 Å². The van der Waals surface area contributed by atoms with Crippen LogP contribution in [0, 0.1) is 0 Å². The molecule has 3 amide bonds. The number of fused-ring (bicyclic) bond motifs is 1. The fraction of sp³-hybridized carbons (Fsp3) is 0.200. The summed E-state index contributed by atoms with van der Waals surface area (Å²) in [6.45, 7) is -0.0808. The van der Waals surface area contributed by atoms with Gasteiger partial charge in [0.2, 0.25) is 6.41 Å². The first kappa shape index (κ1) is 24.7. The van der Waals surface area contributed by atoms with Gasteiger partial charge in [-0.3, -0.25) is 19.3 Å². The van der Waals surface area contributed by atoms with Crippen molar-refractivity contribution >= 4 is 74.1 Å². The highest BCUT2D eigenvalue weighted by Crippen LogP contribution is 2.37. The van der Waals surface area contributed by atoms with Crippen molar-refractivity contribution in [2.45, 2.75) is 18.0 Å². The maximum absolute atomic E-state index is 13.1. The molecule has 1 fully saturated rings. The Bertz CT molecular complexity index is 1260. The fourth-order valence-electron chi connectivity index (χ4n) is 3.27. The van der Waals surface area contributed by atoms with E-state index in [-0.39, 0.29) is 34.6 Å². The van der Waals surface area contributed by atoms with Crippen LogP contribution in [0.1, 0.15) is 11.3 Å². The number of amides is 3. The molecule has 1 saturated heterocycles. The summed E-state index contributed by atoms with van der Waals surface area (Å²) in [6, 6.07) is 3.81. The number of benzene rings is 1. The Morgan fingerprint density at radius 1 is 1.40 bits per heavy atom. The maximum atomic E-state index is 13.1. The molecule has 12 nitrogen and oxygen atoms in total. The molecule has 15 heteroatoms. The molecule has 4 rings (SSSR count). The van der Waals surface area contributed by atoms with Crippen LogP contribution in [0.25, 0.3) is 0 Å². The number of aromatic hydroxyl groups is 1. The van der Waals surface area contributed by atoms with Crippen molar-refractivity contribution in [3.63, 3.8) is 0 Å². The van der Waals surface area contributed by atoms with E-state index >= 15 is 0 Å². The van der Waals surface area contributed by atoms with E-state index in [1.807, 2.05) is 0 Å². The average molecular weight is 582 g/mol. The van der Waals surface area contributed by atoms with Gasteiger partial charge in [-0.2, -0.15) is 0 Å². The number of aromatic nitrogens is 1. The van der Waals surface area contributed by atoms with Crippen LogP contribution < -0.4 is 10.6 Å². The van der Waals surface area contributed by atoms with Crippen LogP contribution in [0.2, 0.25) is 0 Å². The van der Waals surface area contributed by atoms with E-state index in [2.05, 4.69) is 36.7 Å². The molecule has 0 aliphatic carbocycles. The first-order valence-electron chi connectivity index (χ1n) is 9.82. The van der Waals surface area contributed by atoms with Gasteiger partial charge in [-0.1, -0.05) is 11.2 Å². The lowest BCUT2D eigenvalue weighted by molar-refractivity contribution is -0.150. The number of aliphatic carboxylic acids is 1. The number of β-lactam (4-membered cyclic amide) rings is 1. The zero-order valence-corrected chi connectivity index (χ0v) is 20.7. The number of carboxylic acid groups (broad SMARTS) is 1. The Labute approximate surface area is 214 Å². The van der Waals surface area contributed by atoms with Crippen molar-refractivity contribution in [1.82, 2.24) is 15.2 Å². The lowest BCUT2D eigenvalue weighted by Gasteiger charge is -2.48. The smallest absolute Gasteiger partial charge is 0.352 e. The molecule has 2 aromatic rings. The summed E-state index contributed by atoms with van der Waals surface area (Å²) in [4.78, 5) is 58.4. The molecule has 2 atom stereocenters. The number of carboxylic acids is 1. The van der Waals surface area contributed by atoms with Gasteiger partial charge in [-0.15, -0.1) is 23.1 Å². The number of rotatable bonds is 9. The molecule has 4 N–H and O–H groups in total. The molecule has 0 bridgehead atoms. The van der Waals surface area contributed by atoms with Crippen LogP contribution in [-0.4, -0.2) is 67.2 Å². The number of thioether (sulfide) groups is 1. The molecule has 1 unspecified atom stereocenters. The third kappa shape index (κ3) is 5.16. The summed E-state index contributed by atoms with van der Waals surface area (Å²) < 4.78 is 0.503. The number of oxime groups is 1. The van der Waals surface area contributed by atoms with E-state index in [0.29, 0.717) is 22.2 Å². The lowest BCUT2D eigenvalue weighted by atomic mass is 10.0. The predicted molar refractivity (Wildman–Crippen MR) is 130 cm³/mol. The average Bonchev–Trinajstić information content (AvgIpc) is 3.30. The van der Waals surface area contributed by atoms with Gasteiger partial charge in [-0.05, 0) is 39.7 Å². The summed E-state index contributed by atoms with van der Waals surface area (Å²) in [5.41, 5.74) is 0.305. The molecule has 1 aromatic carbocycles. The molecule has 1 aromatic heterocycles. The largest absolute Gasteiger partial charge is 0.507 e. The van der Waals surface area contributed by atoms with Crippen LogP contribution in [0.3, 0.4) is 0 Å². The SMILES string of the molecule is O=CNc1nc(/C(=N/OCc2ccc(Br)c(O)c2)C(=O)NC2C(=O)N3C(C(=O)O)=CCS[C@@H]23)cs1. The molecule has 35 heavy (non-hydrogen) atoms. The fourth-order valence-corrected chi connectivity index (χ4v) is 5.37. The molecule has 0 spiro atoms. The van der Waals surface area contributed by atoms with Crippen LogP contribution in [0.5, 0.6) is 5.75 Å². The monoisotopic (exact) mass is 581 g/mol. The first-order valence-corrected chi connectivity index (χ1v) is 12.5. The van der Waals surface area contributed by atoms with Gasteiger partial charge in [0.15, 0.2) is 10.8 Å². The highest BCUT2D eigenvalue weighted by molar-refractivity contribution is 9.10. The van der Waals surface area contributed by atoms with Gasteiger partial charge in [-0.25, -0.2) is 9.78 Å². The summed E-state index contributed by atoms with van der Waals surface area (Å²) in [6.07, 6.45) is 1.88. The van der Waals surface area contributed by atoms with Crippen molar-refractivity contribution in [3.8, 4) is 5.75 Å². The number of phenolic OH excluding ortho intramolecular Hbond substituents is 1. The standard InChI is InChI=1S/C20H16BrN5O7S2/c21-10-2-1-9(5-13(10)28)6-33-25-14(11-7-35-20(23-11)22-8-27)16(29)24-15-17(30)26-12(19(31)32)3-4-34-18(15)26/h1-3,5,7-8,15,18,28H,4,6H2,(H,24,29)(H,31,32)(H,22,23,27)/b25-14-/t15?,18-/m0/s1. The van der Waals surface area contributed by atoms with Crippen LogP contribution >= 0.6 is 39.0 Å². The van der Waals surface area contributed by atoms with Crippen molar-refractivity contribution in [1.29, 1.82) is 0 Å². The third-order valence-corrected chi connectivity index (χ3v) is 7.52. The second kappa shape index (κ2) is 10.5. The minimum atomic E-state index is -1.22. The van der Waals surface area contributed by atoms with E-state index in [0.717, 1.165) is 16.2 Å². The number of carbonyl (C=O) groups excluding carboxylic acids is 3. The van der Waals surface area contributed by atoms with Gasteiger partial charge in [0.1, 0.15) is 35.2 Å². The number of nitrogens with zero attached hydrogens (tertiary/aromatic N) is 3. The second-order valence-electron chi connectivity index (χ2n) is 7.08. The van der Waals surface area contributed by atoms with Gasteiger partial charge < -0.3 is 25.7 Å². The molecular formula is C20H16BrN5O7S2. The highest BCUT2D eigenvalue weighted by atomic mass is 79.9. The molecule has 2 aliphatic heterocycles. The summed E-state index contributed by atoms with van der Waals surface area (Å²) in [7, 11) is 0. The maximum Gasteiger partial charge on any atom is 0.352 e. The number of carbonyl (C=O) groups is 4. The van der Waals surface area contributed by atoms with E-state index in [1.54, 1.807) is 12.1 Å². The number of halogens is 1. The Morgan fingerprint density at radius 3 is 2.91 bits per heavy atom. The molecular weight excluding hydrogens is 566 g/mol. The number of phenols is 1. The van der Waals surface area contributed by atoms with Gasteiger partial charge in [0, 0.05) is 11.1 Å². The Morgan fingerprint density at radius 2 is 2.20 bits per heavy atom. The quantitative estimate of drug-likeness (QED) is 0.148. The molecule has 182 valence electrons. The zero-order valence-electron chi connectivity index (χ0n) is 17.5. The third-order valence-electron chi connectivity index (χ3n) is 4.89. The van der Waals surface area contributed by atoms with E-state index in [1.165, 1.54) is 29.3 Å². The number of hydrogen-bond donors (Lipinski definition) is 4. The second-order valence-corrected chi connectivity index (χ2v) is 9.94. The van der Waals surface area contributed by atoms with Gasteiger partial charge in [0.25, 0.3) is 11.8 Å². The van der Waals surface area contributed by atoms with Crippen molar-refractivity contribution in [2.75, 3.05) is 11.1 Å². The number of thiazole rings is 1. The molecule has 2 aliphatic rings. The number of nitrogens with one attached hydrogen (secondary N) is 2. The Balaban J connectivity index is 1.52. The minimum Gasteiger partial charge on any atom is -0.507 e. The Hall–Kier alpha value is -3.43. The lowest BCUT2D eigenvalue weighted by Crippen LogP contribution is -2.70. The molecule has 0 radical (unpaired) electrons. The summed E-state index contributed by atoms with van der Waals surface area (Å²) >= 11 is 5.55. The van der Waals surface area contributed by atoms with Crippen molar-refractivity contribution < 1.29 is 34.2 Å².